The van der Waals surface area contributed by atoms with Crippen LogP contribution in [-0.4, -0.2) is 40.8 Å². The molecule has 2 heterocycles. The Labute approximate surface area is 116 Å². The molecule has 0 bridgehead atoms. The fourth-order valence-corrected chi connectivity index (χ4v) is 2.26. The van der Waals surface area contributed by atoms with Crippen molar-refractivity contribution < 1.29 is 13.7 Å². The second-order valence-electron chi connectivity index (χ2n) is 4.94. The first kappa shape index (κ1) is 13.2. The van der Waals surface area contributed by atoms with E-state index in [1.54, 1.807) is 12.1 Å². The third-order valence-corrected chi connectivity index (χ3v) is 3.25. The van der Waals surface area contributed by atoms with Gasteiger partial charge in [0.15, 0.2) is 0 Å². The summed E-state index contributed by atoms with van der Waals surface area (Å²) in [6.07, 6.45) is 0.225. The molecule has 0 spiro atoms. The summed E-state index contributed by atoms with van der Waals surface area (Å²) in [5.74, 6) is 0.777. The molecule has 1 aliphatic heterocycles. The van der Waals surface area contributed by atoms with Crippen molar-refractivity contribution in [2.75, 3.05) is 19.7 Å². The minimum absolute atomic E-state index is 0.225. The Morgan fingerprint density at radius 2 is 2.15 bits per heavy atom. The van der Waals surface area contributed by atoms with E-state index in [1.807, 2.05) is 6.92 Å². The average Bonchev–Trinajstić information content (AvgIpc) is 2.88. The van der Waals surface area contributed by atoms with E-state index in [0.717, 1.165) is 25.3 Å². The van der Waals surface area contributed by atoms with Gasteiger partial charge in [-0.1, -0.05) is 5.16 Å². The van der Waals surface area contributed by atoms with Crippen LogP contribution < -0.4 is 0 Å². The highest BCUT2D eigenvalue weighted by Gasteiger charge is 2.19. The summed E-state index contributed by atoms with van der Waals surface area (Å²) < 4.78 is 23.6. The van der Waals surface area contributed by atoms with Crippen molar-refractivity contribution in [2.45, 2.75) is 19.6 Å². The van der Waals surface area contributed by atoms with Crippen LogP contribution in [0.25, 0.3) is 11.4 Å². The summed E-state index contributed by atoms with van der Waals surface area (Å²) in [6, 6.07) is 6.05. The highest BCUT2D eigenvalue weighted by Crippen LogP contribution is 2.17. The number of benzene rings is 1. The first-order valence-corrected chi connectivity index (χ1v) is 6.63. The van der Waals surface area contributed by atoms with Gasteiger partial charge in [-0.15, -0.1) is 0 Å². The molecular formula is C14H16FN3O2. The summed E-state index contributed by atoms with van der Waals surface area (Å²) in [4.78, 5) is 6.56. The van der Waals surface area contributed by atoms with Crippen molar-refractivity contribution in [2.24, 2.45) is 0 Å². The molecule has 5 nitrogen and oxygen atoms in total. The Kier molecular flexibility index (Phi) is 3.75. The van der Waals surface area contributed by atoms with Gasteiger partial charge in [-0.3, -0.25) is 4.90 Å². The van der Waals surface area contributed by atoms with E-state index in [2.05, 4.69) is 15.0 Å². The lowest BCUT2D eigenvalue weighted by Crippen LogP contribution is -2.40. The molecule has 0 aliphatic carbocycles. The Hall–Kier alpha value is -1.79. The van der Waals surface area contributed by atoms with Crippen LogP contribution in [0.15, 0.2) is 28.8 Å². The Balaban J connectivity index is 1.69. The van der Waals surface area contributed by atoms with Gasteiger partial charge in [0.05, 0.1) is 19.3 Å². The zero-order valence-corrected chi connectivity index (χ0v) is 11.3. The van der Waals surface area contributed by atoms with E-state index < -0.39 is 0 Å². The van der Waals surface area contributed by atoms with Gasteiger partial charge in [0.2, 0.25) is 11.7 Å². The molecule has 1 saturated heterocycles. The van der Waals surface area contributed by atoms with Crippen LogP contribution in [0.1, 0.15) is 12.8 Å². The highest BCUT2D eigenvalue weighted by atomic mass is 19.1. The first-order valence-electron chi connectivity index (χ1n) is 6.63. The van der Waals surface area contributed by atoms with Crippen LogP contribution in [0.3, 0.4) is 0 Å². The van der Waals surface area contributed by atoms with Crippen LogP contribution in [-0.2, 0) is 11.3 Å². The highest BCUT2D eigenvalue weighted by molar-refractivity contribution is 5.53. The molecule has 3 rings (SSSR count). The normalized spacial score (nSPS) is 20.2. The van der Waals surface area contributed by atoms with E-state index in [0.29, 0.717) is 18.3 Å². The predicted octanol–water partition coefficient (Wildman–Crippen LogP) is 2.10. The number of nitrogens with zero attached hydrogens (tertiary/aromatic N) is 3. The molecule has 1 aromatic heterocycles. The number of rotatable bonds is 3. The quantitative estimate of drug-likeness (QED) is 0.860. The van der Waals surface area contributed by atoms with Crippen LogP contribution in [0, 0.1) is 5.82 Å². The second kappa shape index (κ2) is 5.68. The minimum atomic E-state index is -0.278. The van der Waals surface area contributed by atoms with Crippen molar-refractivity contribution in [1.82, 2.24) is 15.0 Å². The van der Waals surface area contributed by atoms with Crippen LogP contribution in [0.2, 0.25) is 0 Å². The molecule has 1 aliphatic rings. The van der Waals surface area contributed by atoms with Gasteiger partial charge in [-0.05, 0) is 31.2 Å². The smallest absolute Gasteiger partial charge is 0.241 e. The van der Waals surface area contributed by atoms with Gasteiger partial charge in [0.1, 0.15) is 5.82 Å². The molecule has 20 heavy (non-hydrogen) atoms. The topological polar surface area (TPSA) is 51.4 Å². The largest absolute Gasteiger partial charge is 0.376 e. The van der Waals surface area contributed by atoms with Gasteiger partial charge in [0.25, 0.3) is 0 Å². The number of aromatic nitrogens is 2. The third-order valence-electron chi connectivity index (χ3n) is 3.25. The van der Waals surface area contributed by atoms with Gasteiger partial charge in [-0.2, -0.15) is 4.98 Å². The molecule has 0 amide bonds. The van der Waals surface area contributed by atoms with Gasteiger partial charge in [-0.25, -0.2) is 4.39 Å². The molecule has 6 heteroatoms. The van der Waals surface area contributed by atoms with Crippen LogP contribution in [0.4, 0.5) is 4.39 Å². The minimum Gasteiger partial charge on any atom is -0.376 e. The van der Waals surface area contributed by atoms with Crippen LogP contribution in [0.5, 0.6) is 0 Å². The molecule has 0 saturated carbocycles. The van der Waals surface area contributed by atoms with E-state index in [9.17, 15) is 4.39 Å². The van der Waals surface area contributed by atoms with Crippen molar-refractivity contribution in [3.8, 4) is 11.4 Å². The zero-order chi connectivity index (χ0) is 13.9. The monoisotopic (exact) mass is 277 g/mol. The molecule has 1 atom stereocenters. The van der Waals surface area contributed by atoms with Crippen molar-refractivity contribution in [3.63, 3.8) is 0 Å². The summed E-state index contributed by atoms with van der Waals surface area (Å²) in [5.41, 5.74) is 0.747. The lowest BCUT2D eigenvalue weighted by Gasteiger charge is -2.29. The van der Waals surface area contributed by atoms with Gasteiger partial charge in [0, 0.05) is 18.7 Å². The standard InChI is InChI=1S/C14H16FN3O2/c1-10-8-18(6-7-19-10)9-13-16-14(17-20-13)11-2-4-12(15)5-3-11/h2-5,10H,6-9H2,1H3. The predicted molar refractivity (Wildman–Crippen MR) is 70.4 cm³/mol. The molecule has 0 radical (unpaired) electrons. The maximum atomic E-state index is 12.9. The maximum absolute atomic E-state index is 12.9. The molecule has 1 fully saturated rings. The molecule has 106 valence electrons. The lowest BCUT2D eigenvalue weighted by molar-refractivity contribution is -0.0240. The number of morpholine rings is 1. The Bertz CT molecular complexity index is 570. The number of hydrogen-bond donors (Lipinski definition) is 0. The molecule has 2 aromatic rings. The summed E-state index contributed by atoms with van der Waals surface area (Å²) in [5, 5.41) is 3.93. The Morgan fingerprint density at radius 1 is 1.35 bits per heavy atom. The number of hydrogen-bond acceptors (Lipinski definition) is 5. The summed E-state index contributed by atoms with van der Waals surface area (Å²) >= 11 is 0. The van der Waals surface area contributed by atoms with Crippen LogP contribution >= 0.6 is 0 Å². The molecule has 1 aromatic carbocycles. The molecular weight excluding hydrogens is 261 g/mol. The van der Waals surface area contributed by atoms with Gasteiger partial charge >= 0.3 is 0 Å². The molecule has 1 unspecified atom stereocenters. The third kappa shape index (κ3) is 3.02. The zero-order valence-electron chi connectivity index (χ0n) is 11.3. The van der Waals surface area contributed by atoms with Crippen molar-refractivity contribution in [1.29, 1.82) is 0 Å². The average molecular weight is 277 g/mol. The van der Waals surface area contributed by atoms with Gasteiger partial charge < -0.3 is 9.26 Å². The first-order chi connectivity index (χ1) is 9.70. The summed E-state index contributed by atoms with van der Waals surface area (Å²) in [7, 11) is 0. The van der Waals surface area contributed by atoms with E-state index in [-0.39, 0.29) is 11.9 Å². The SMILES string of the molecule is CC1CN(Cc2nc(-c3ccc(F)cc3)no2)CCO1. The van der Waals surface area contributed by atoms with E-state index in [4.69, 9.17) is 9.26 Å². The van der Waals surface area contributed by atoms with E-state index >= 15 is 0 Å². The lowest BCUT2D eigenvalue weighted by atomic mass is 10.2. The van der Waals surface area contributed by atoms with E-state index in [1.165, 1.54) is 12.1 Å². The molecule has 0 N–H and O–H groups in total. The fourth-order valence-electron chi connectivity index (χ4n) is 2.26. The van der Waals surface area contributed by atoms with Crippen molar-refractivity contribution >= 4 is 0 Å². The summed E-state index contributed by atoms with van der Waals surface area (Å²) in [6.45, 7) is 5.10. The number of ether oxygens (including phenoxy) is 1. The van der Waals surface area contributed by atoms with Crippen molar-refractivity contribution in [3.05, 3.63) is 36.0 Å². The maximum Gasteiger partial charge on any atom is 0.241 e. The fraction of sp³-hybridized carbons (Fsp3) is 0.429. The second-order valence-corrected chi connectivity index (χ2v) is 4.94. The number of halogens is 1. The Morgan fingerprint density at radius 3 is 2.90 bits per heavy atom.